The predicted octanol–water partition coefficient (Wildman–Crippen LogP) is 3.87. The summed E-state index contributed by atoms with van der Waals surface area (Å²) in [6, 6.07) is 8.02. The van der Waals surface area contributed by atoms with Crippen molar-refractivity contribution in [3.63, 3.8) is 0 Å². The lowest BCUT2D eigenvalue weighted by molar-refractivity contribution is 0.0886. The van der Waals surface area contributed by atoms with Gasteiger partial charge in [0.05, 0.1) is 5.38 Å². The minimum Gasteiger partial charge on any atom is -0.346 e. The lowest BCUT2D eigenvalue weighted by Crippen LogP contribution is -2.28. The first-order valence-corrected chi connectivity index (χ1v) is 8.25. The Bertz CT molecular complexity index is 908. The van der Waals surface area contributed by atoms with Crippen LogP contribution in [0.3, 0.4) is 0 Å². The molecule has 0 bridgehead atoms. The molecule has 118 valence electrons. The van der Waals surface area contributed by atoms with Crippen molar-refractivity contribution in [3.05, 3.63) is 53.7 Å². The lowest BCUT2D eigenvalue weighted by atomic mass is 9.84. The molecule has 0 radical (unpaired) electrons. The summed E-state index contributed by atoms with van der Waals surface area (Å²) in [5, 5.41) is 0.863. The number of rotatable bonds is 2. The molecule has 23 heavy (non-hydrogen) atoms. The van der Waals surface area contributed by atoms with E-state index in [1.54, 1.807) is 6.20 Å². The van der Waals surface area contributed by atoms with E-state index >= 15 is 0 Å². The van der Waals surface area contributed by atoms with Gasteiger partial charge in [0.1, 0.15) is 5.82 Å². The standard InChI is InChI=1S/C18H18ClN3O/c1-11-20-7-8-22(11)10-12-9-14(19)17-16(18(12)23)13-5-3-4-6-15(13)21(17)2/h3-8,12,14H,9-10H2,1-2H3. The van der Waals surface area contributed by atoms with E-state index in [4.69, 9.17) is 11.6 Å². The van der Waals surface area contributed by atoms with Crippen LogP contribution in [0.1, 0.15) is 33.7 Å². The summed E-state index contributed by atoms with van der Waals surface area (Å²) in [5.41, 5.74) is 2.82. The Labute approximate surface area is 139 Å². The minimum atomic E-state index is -0.145. The highest BCUT2D eigenvalue weighted by atomic mass is 35.5. The van der Waals surface area contributed by atoms with Gasteiger partial charge in [0, 0.05) is 54.1 Å². The van der Waals surface area contributed by atoms with Crippen LogP contribution in [0.25, 0.3) is 10.9 Å². The van der Waals surface area contributed by atoms with Crippen molar-refractivity contribution in [1.29, 1.82) is 0 Å². The molecule has 2 aromatic heterocycles. The fourth-order valence-electron chi connectivity index (χ4n) is 3.70. The molecule has 1 aliphatic rings. The molecule has 5 heteroatoms. The van der Waals surface area contributed by atoms with E-state index in [1.165, 1.54) is 0 Å². The molecule has 0 aliphatic heterocycles. The number of carbonyl (C=O) groups is 1. The van der Waals surface area contributed by atoms with Crippen LogP contribution in [0.5, 0.6) is 0 Å². The molecule has 0 amide bonds. The molecule has 1 aromatic carbocycles. The molecule has 0 N–H and O–H groups in total. The summed E-state index contributed by atoms with van der Waals surface area (Å²) in [4.78, 5) is 17.4. The SMILES string of the molecule is Cc1nccn1CC1CC(Cl)c2c(c3ccccc3n2C)C1=O. The van der Waals surface area contributed by atoms with E-state index in [2.05, 4.69) is 9.55 Å². The zero-order chi connectivity index (χ0) is 16.1. The van der Waals surface area contributed by atoms with Gasteiger partial charge >= 0.3 is 0 Å². The maximum absolute atomic E-state index is 13.1. The molecular weight excluding hydrogens is 310 g/mol. The molecule has 0 spiro atoms. The van der Waals surface area contributed by atoms with Gasteiger partial charge in [0.2, 0.25) is 0 Å². The number of hydrogen-bond acceptors (Lipinski definition) is 2. The van der Waals surface area contributed by atoms with Gasteiger partial charge in [-0.2, -0.15) is 0 Å². The fraction of sp³-hybridized carbons (Fsp3) is 0.333. The quantitative estimate of drug-likeness (QED) is 0.670. The van der Waals surface area contributed by atoms with Crippen LogP contribution in [0.15, 0.2) is 36.7 Å². The highest BCUT2D eigenvalue weighted by Crippen LogP contribution is 2.42. The topological polar surface area (TPSA) is 39.8 Å². The van der Waals surface area contributed by atoms with E-state index in [-0.39, 0.29) is 17.1 Å². The monoisotopic (exact) mass is 327 g/mol. The number of imidazole rings is 1. The van der Waals surface area contributed by atoms with Gasteiger partial charge in [0.25, 0.3) is 0 Å². The first kappa shape index (κ1) is 14.5. The molecule has 4 rings (SSSR count). The van der Waals surface area contributed by atoms with E-state index in [0.29, 0.717) is 13.0 Å². The number of alkyl halides is 1. The van der Waals surface area contributed by atoms with Crippen molar-refractivity contribution in [1.82, 2.24) is 14.1 Å². The molecular formula is C18H18ClN3O. The van der Waals surface area contributed by atoms with E-state index < -0.39 is 0 Å². The number of ketones is 1. The van der Waals surface area contributed by atoms with Crippen LogP contribution < -0.4 is 0 Å². The van der Waals surface area contributed by atoms with Gasteiger partial charge < -0.3 is 9.13 Å². The molecule has 1 aliphatic carbocycles. The average molecular weight is 328 g/mol. The van der Waals surface area contributed by atoms with Crippen molar-refractivity contribution in [2.75, 3.05) is 0 Å². The second-order valence-electron chi connectivity index (χ2n) is 6.23. The molecule has 3 aromatic rings. The Morgan fingerprint density at radius 1 is 1.35 bits per heavy atom. The molecule has 2 unspecified atom stereocenters. The van der Waals surface area contributed by atoms with Gasteiger partial charge in [0.15, 0.2) is 5.78 Å². The van der Waals surface area contributed by atoms with Crippen LogP contribution in [-0.2, 0) is 13.6 Å². The maximum Gasteiger partial charge on any atom is 0.170 e. The number of aryl methyl sites for hydroxylation is 2. The third-order valence-corrected chi connectivity index (χ3v) is 5.28. The van der Waals surface area contributed by atoms with Crippen molar-refractivity contribution < 1.29 is 4.79 Å². The summed E-state index contributed by atoms with van der Waals surface area (Å²) < 4.78 is 4.10. The number of hydrogen-bond donors (Lipinski definition) is 0. The van der Waals surface area contributed by atoms with Crippen molar-refractivity contribution in [2.45, 2.75) is 25.3 Å². The first-order chi connectivity index (χ1) is 11.1. The number of benzene rings is 1. The molecule has 2 heterocycles. The Kier molecular flexibility index (Phi) is 3.31. The molecule has 4 nitrogen and oxygen atoms in total. The maximum atomic E-state index is 13.1. The zero-order valence-corrected chi connectivity index (χ0v) is 13.9. The number of Topliss-reactive ketones (excluding diaryl/α,β-unsaturated/α-hetero) is 1. The summed E-state index contributed by atoms with van der Waals surface area (Å²) >= 11 is 6.67. The summed E-state index contributed by atoms with van der Waals surface area (Å²) in [5.74, 6) is 1.01. The number of nitrogens with zero attached hydrogens (tertiary/aromatic N) is 3. The van der Waals surface area contributed by atoms with Gasteiger partial charge in [-0.15, -0.1) is 11.6 Å². The van der Waals surface area contributed by atoms with Crippen LogP contribution in [0, 0.1) is 12.8 Å². The van der Waals surface area contributed by atoms with Crippen LogP contribution >= 0.6 is 11.6 Å². The lowest BCUT2D eigenvalue weighted by Gasteiger charge is -2.26. The Hall–Kier alpha value is -2.07. The van der Waals surface area contributed by atoms with Crippen LogP contribution in [0.2, 0.25) is 0 Å². The largest absolute Gasteiger partial charge is 0.346 e. The normalized spacial score (nSPS) is 20.9. The number of fused-ring (bicyclic) bond motifs is 3. The first-order valence-electron chi connectivity index (χ1n) is 7.81. The van der Waals surface area contributed by atoms with Gasteiger partial charge in [-0.05, 0) is 19.4 Å². The van der Waals surface area contributed by atoms with Crippen molar-refractivity contribution in [3.8, 4) is 0 Å². The Morgan fingerprint density at radius 2 is 2.13 bits per heavy atom. The van der Waals surface area contributed by atoms with Gasteiger partial charge in [-0.1, -0.05) is 18.2 Å². The number of para-hydroxylation sites is 1. The van der Waals surface area contributed by atoms with Crippen molar-refractivity contribution in [2.24, 2.45) is 13.0 Å². The Morgan fingerprint density at radius 3 is 2.87 bits per heavy atom. The van der Waals surface area contributed by atoms with Gasteiger partial charge in [-0.3, -0.25) is 4.79 Å². The summed E-state index contributed by atoms with van der Waals surface area (Å²) in [6.07, 6.45) is 4.35. The zero-order valence-electron chi connectivity index (χ0n) is 13.2. The number of aromatic nitrogens is 3. The number of halogens is 1. The minimum absolute atomic E-state index is 0.108. The fourth-order valence-corrected chi connectivity index (χ4v) is 4.17. The molecule has 0 saturated carbocycles. The molecule has 0 saturated heterocycles. The van der Waals surface area contributed by atoms with E-state index in [0.717, 1.165) is 28.0 Å². The second kappa shape index (κ2) is 5.24. The highest BCUT2D eigenvalue weighted by Gasteiger charge is 2.37. The molecule has 2 atom stereocenters. The third kappa shape index (κ3) is 2.12. The number of carbonyl (C=O) groups excluding carboxylic acids is 1. The Balaban J connectivity index is 1.82. The predicted molar refractivity (Wildman–Crippen MR) is 90.9 cm³/mol. The smallest absolute Gasteiger partial charge is 0.170 e. The van der Waals surface area contributed by atoms with E-state index in [1.807, 2.05) is 49.0 Å². The highest BCUT2D eigenvalue weighted by molar-refractivity contribution is 6.24. The van der Waals surface area contributed by atoms with Gasteiger partial charge in [-0.25, -0.2) is 4.98 Å². The van der Waals surface area contributed by atoms with Crippen LogP contribution in [-0.4, -0.2) is 19.9 Å². The third-order valence-electron chi connectivity index (χ3n) is 4.90. The molecule has 0 fully saturated rings. The van der Waals surface area contributed by atoms with E-state index in [9.17, 15) is 4.79 Å². The van der Waals surface area contributed by atoms with Crippen LogP contribution in [0.4, 0.5) is 0 Å². The second-order valence-corrected chi connectivity index (χ2v) is 6.75. The summed E-state index contributed by atoms with van der Waals surface area (Å²) in [6.45, 7) is 2.59. The average Bonchev–Trinajstić information content (AvgIpc) is 3.07. The van der Waals surface area contributed by atoms with Crippen molar-refractivity contribution >= 4 is 28.3 Å². The summed E-state index contributed by atoms with van der Waals surface area (Å²) in [7, 11) is 1.99.